The van der Waals surface area contributed by atoms with Crippen molar-refractivity contribution in [3.63, 3.8) is 0 Å². The fourth-order valence-electron chi connectivity index (χ4n) is 4.13. The molecule has 2 saturated heterocycles. The van der Waals surface area contributed by atoms with Crippen molar-refractivity contribution in [2.45, 2.75) is 38.6 Å². The molecule has 6 heteroatoms. The van der Waals surface area contributed by atoms with Gasteiger partial charge in [0, 0.05) is 25.9 Å². The monoisotopic (exact) mass is 357 g/mol. The standard InChI is InChI=1S/C20H27N3O3/c1-14-4-6-15(7-5-14)18(22(2)3)19(26)23-10-8-20(9-11-23)12-16(24)21-17(25)13-20/h4-7,18H,8-13H2,1-3H3,(H,21,24,25)/t18-/m1/s1. The molecule has 0 aliphatic carbocycles. The van der Waals surface area contributed by atoms with Gasteiger partial charge in [-0.1, -0.05) is 29.8 Å². The number of piperidine rings is 2. The smallest absolute Gasteiger partial charge is 0.244 e. The summed E-state index contributed by atoms with van der Waals surface area (Å²) in [4.78, 5) is 40.5. The molecule has 1 aromatic rings. The molecule has 2 aliphatic rings. The van der Waals surface area contributed by atoms with E-state index >= 15 is 0 Å². The lowest BCUT2D eigenvalue weighted by molar-refractivity contribution is -0.143. The molecule has 0 aromatic heterocycles. The van der Waals surface area contributed by atoms with Gasteiger partial charge in [-0.3, -0.25) is 24.6 Å². The first-order valence-corrected chi connectivity index (χ1v) is 9.14. The lowest BCUT2D eigenvalue weighted by Crippen LogP contribution is -2.52. The van der Waals surface area contributed by atoms with Crippen LogP contribution in [0.15, 0.2) is 24.3 Å². The molecule has 1 atom stereocenters. The minimum atomic E-state index is -0.319. The summed E-state index contributed by atoms with van der Waals surface area (Å²) in [5.41, 5.74) is 1.88. The highest BCUT2D eigenvalue weighted by Gasteiger charge is 2.43. The maximum Gasteiger partial charge on any atom is 0.244 e. The number of aryl methyl sites for hydroxylation is 1. The molecule has 0 saturated carbocycles. The zero-order chi connectivity index (χ0) is 18.9. The largest absolute Gasteiger partial charge is 0.341 e. The molecule has 2 aliphatic heterocycles. The van der Waals surface area contributed by atoms with Crippen molar-refractivity contribution < 1.29 is 14.4 Å². The number of likely N-dealkylation sites (tertiary alicyclic amines) is 1. The molecule has 3 amide bonds. The molecule has 2 fully saturated rings. The van der Waals surface area contributed by atoms with E-state index in [1.165, 1.54) is 5.56 Å². The molecule has 26 heavy (non-hydrogen) atoms. The Morgan fingerprint density at radius 1 is 1.08 bits per heavy atom. The summed E-state index contributed by atoms with van der Waals surface area (Å²) < 4.78 is 0. The average molecular weight is 357 g/mol. The Bertz CT molecular complexity index is 686. The van der Waals surface area contributed by atoms with E-state index in [2.05, 4.69) is 5.32 Å². The summed E-state index contributed by atoms with van der Waals surface area (Å²) in [7, 11) is 3.83. The van der Waals surface area contributed by atoms with Crippen molar-refractivity contribution >= 4 is 17.7 Å². The Labute approximate surface area is 154 Å². The van der Waals surface area contributed by atoms with Crippen molar-refractivity contribution in [1.29, 1.82) is 0 Å². The van der Waals surface area contributed by atoms with Crippen LogP contribution < -0.4 is 5.32 Å². The zero-order valence-electron chi connectivity index (χ0n) is 15.7. The molecule has 6 nitrogen and oxygen atoms in total. The van der Waals surface area contributed by atoms with Crippen LogP contribution in [0.3, 0.4) is 0 Å². The average Bonchev–Trinajstić information content (AvgIpc) is 2.56. The second kappa shape index (κ2) is 7.19. The number of benzene rings is 1. The number of nitrogens with zero attached hydrogens (tertiary/aromatic N) is 2. The number of imide groups is 1. The summed E-state index contributed by atoms with van der Waals surface area (Å²) >= 11 is 0. The predicted molar refractivity (Wildman–Crippen MR) is 98.2 cm³/mol. The van der Waals surface area contributed by atoms with E-state index in [1.807, 2.05) is 55.1 Å². The molecule has 1 N–H and O–H groups in total. The van der Waals surface area contributed by atoms with Crippen LogP contribution in [-0.4, -0.2) is 54.7 Å². The number of hydrogen-bond donors (Lipinski definition) is 1. The molecule has 0 unspecified atom stereocenters. The Morgan fingerprint density at radius 3 is 2.12 bits per heavy atom. The van der Waals surface area contributed by atoms with Gasteiger partial charge in [0.25, 0.3) is 0 Å². The third kappa shape index (κ3) is 3.80. The lowest BCUT2D eigenvalue weighted by atomic mass is 9.71. The second-order valence-corrected chi connectivity index (χ2v) is 7.93. The van der Waals surface area contributed by atoms with Crippen LogP contribution in [0.4, 0.5) is 0 Å². The minimum absolute atomic E-state index is 0.0836. The third-order valence-electron chi connectivity index (χ3n) is 5.63. The first-order chi connectivity index (χ1) is 12.3. The van der Waals surface area contributed by atoms with Gasteiger partial charge in [0.1, 0.15) is 6.04 Å². The zero-order valence-corrected chi connectivity index (χ0v) is 15.7. The van der Waals surface area contributed by atoms with Crippen LogP contribution in [0, 0.1) is 12.3 Å². The summed E-state index contributed by atoms with van der Waals surface area (Å²) in [6, 6.07) is 7.74. The van der Waals surface area contributed by atoms with Crippen molar-refractivity contribution in [3.05, 3.63) is 35.4 Å². The molecule has 1 spiro atoms. The predicted octanol–water partition coefficient (Wildman–Crippen LogP) is 1.64. The van der Waals surface area contributed by atoms with Crippen LogP contribution in [0.1, 0.15) is 42.9 Å². The molecule has 1 aromatic carbocycles. The molecule has 3 rings (SSSR count). The van der Waals surface area contributed by atoms with Gasteiger partial charge >= 0.3 is 0 Å². The summed E-state index contributed by atoms with van der Waals surface area (Å²) in [5, 5.41) is 2.38. The van der Waals surface area contributed by atoms with Crippen LogP contribution in [0.25, 0.3) is 0 Å². The topological polar surface area (TPSA) is 69.7 Å². The highest BCUT2D eigenvalue weighted by atomic mass is 16.2. The van der Waals surface area contributed by atoms with Crippen molar-refractivity contribution in [2.24, 2.45) is 5.41 Å². The minimum Gasteiger partial charge on any atom is -0.341 e. The maximum absolute atomic E-state index is 13.2. The van der Waals surface area contributed by atoms with Crippen molar-refractivity contribution in [2.75, 3.05) is 27.2 Å². The SMILES string of the molecule is Cc1ccc([C@H](C(=O)N2CCC3(CC2)CC(=O)NC(=O)C3)N(C)C)cc1. The Morgan fingerprint density at radius 2 is 1.62 bits per heavy atom. The quantitative estimate of drug-likeness (QED) is 0.835. The Balaban J connectivity index is 1.71. The molecule has 140 valence electrons. The highest BCUT2D eigenvalue weighted by Crippen LogP contribution is 2.40. The van der Waals surface area contributed by atoms with Gasteiger partial charge in [0.05, 0.1) is 0 Å². The van der Waals surface area contributed by atoms with Gasteiger partial charge < -0.3 is 4.90 Å². The summed E-state index contributed by atoms with van der Waals surface area (Å²) in [5.74, 6) is -0.293. The van der Waals surface area contributed by atoms with E-state index in [4.69, 9.17) is 0 Å². The van der Waals surface area contributed by atoms with E-state index < -0.39 is 0 Å². The Kier molecular flexibility index (Phi) is 5.14. The number of amides is 3. The van der Waals surface area contributed by atoms with Crippen LogP contribution in [0.5, 0.6) is 0 Å². The van der Waals surface area contributed by atoms with Gasteiger partial charge in [-0.05, 0) is 44.8 Å². The number of nitrogens with one attached hydrogen (secondary N) is 1. The molecule has 0 bridgehead atoms. The first kappa shape index (κ1) is 18.6. The van der Waals surface area contributed by atoms with Crippen molar-refractivity contribution in [1.82, 2.24) is 15.1 Å². The number of rotatable bonds is 3. The normalized spacial score (nSPS) is 21.0. The van der Waals surface area contributed by atoms with Crippen LogP contribution in [0.2, 0.25) is 0 Å². The van der Waals surface area contributed by atoms with E-state index in [-0.39, 0.29) is 29.2 Å². The van der Waals surface area contributed by atoms with Crippen molar-refractivity contribution in [3.8, 4) is 0 Å². The lowest BCUT2D eigenvalue weighted by Gasteiger charge is -2.44. The summed E-state index contributed by atoms with van der Waals surface area (Å²) in [6.45, 7) is 3.22. The third-order valence-corrected chi connectivity index (χ3v) is 5.63. The fourth-order valence-corrected chi connectivity index (χ4v) is 4.13. The number of carbonyl (C=O) groups excluding carboxylic acids is 3. The van der Waals surface area contributed by atoms with Gasteiger partial charge in [-0.15, -0.1) is 0 Å². The van der Waals surface area contributed by atoms with E-state index in [9.17, 15) is 14.4 Å². The maximum atomic E-state index is 13.2. The second-order valence-electron chi connectivity index (χ2n) is 7.93. The molecule has 2 heterocycles. The van der Waals surface area contributed by atoms with Gasteiger partial charge in [-0.2, -0.15) is 0 Å². The first-order valence-electron chi connectivity index (χ1n) is 9.14. The van der Waals surface area contributed by atoms with E-state index in [0.717, 1.165) is 5.56 Å². The van der Waals surface area contributed by atoms with E-state index in [0.29, 0.717) is 38.8 Å². The number of hydrogen-bond acceptors (Lipinski definition) is 4. The van der Waals surface area contributed by atoms with Gasteiger partial charge in [-0.25, -0.2) is 0 Å². The Hall–Kier alpha value is -2.21. The van der Waals surface area contributed by atoms with Crippen LogP contribution in [-0.2, 0) is 14.4 Å². The van der Waals surface area contributed by atoms with Crippen LogP contribution >= 0.6 is 0 Å². The molecular formula is C20H27N3O3. The summed E-state index contributed by atoms with van der Waals surface area (Å²) in [6.07, 6.45) is 2.17. The van der Waals surface area contributed by atoms with Gasteiger partial charge in [0.2, 0.25) is 17.7 Å². The van der Waals surface area contributed by atoms with E-state index in [1.54, 1.807) is 0 Å². The number of likely N-dealkylation sites (N-methyl/N-ethyl adjacent to an activating group) is 1. The highest BCUT2D eigenvalue weighted by molar-refractivity contribution is 5.98. The molecule has 0 radical (unpaired) electrons. The van der Waals surface area contributed by atoms with Gasteiger partial charge in [0.15, 0.2) is 0 Å². The number of carbonyl (C=O) groups is 3. The molecular weight excluding hydrogens is 330 g/mol. The fraction of sp³-hybridized carbons (Fsp3) is 0.550.